The van der Waals surface area contributed by atoms with Gasteiger partial charge in [0.1, 0.15) is 0 Å². The predicted molar refractivity (Wildman–Crippen MR) is 81.0 cm³/mol. The lowest BCUT2D eigenvalue weighted by Crippen LogP contribution is -2.51. The highest BCUT2D eigenvalue weighted by Gasteiger charge is 2.39. The molecule has 22 heavy (non-hydrogen) atoms. The van der Waals surface area contributed by atoms with E-state index < -0.39 is 15.4 Å². The van der Waals surface area contributed by atoms with Crippen LogP contribution < -0.4 is 5.32 Å². The molecule has 0 aromatic carbocycles. The van der Waals surface area contributed by atoms with Gasteiger partial charge in [-0.25, -0.2) is 8.42 Å². The van der Waals surface area contributed by atoms with Crippen molar-refractivity contribution in [3.63, 3.8) is 0 Å². The first kappa shape index (κ1) is 17.2. The summed E-state index contributed by atoms with van der Waals surface area (Å²) in [5.41, 5.74) is -0.653. The molecule has 2 aliphatic heterocycles. The number of nitrogens with one attached hydrogen (secondary N) is 1. The number of ether oxygens (including phenoxy) is 1. The Hall–Kier alpha value is -1.15. The second-order valence-corrected chi connectivity index (χ2v) is 8.71. The maximum atomic E-state index is 12.1. The zero-order valence-corrected chi connectivity index (χ0v) is 13.9. The minimum Gasteiger partial charge on any atom is -0.469 e. The van der Waals surface area contributed by atoms with E-state index in [1.165, 1.54) is 7.11 Å². The van der Waals surface area contributed by atoms with E-state index in [0.717, 1.165) is 0 Å². The molecule has 2 rings (SSSR count). The maximum absolute atomic E-state index is 12.1. The van der Waals surface area contributed by atoms with E-state index in [-0.39, 0.29) is 35.8 Å². The highest BCUT2D eigenvalue weighted by molar-refractivity contribution is 7.91. The molecular weight excluding hydrogens is 308 g/mol. The van der Waals surface area contributed by atoms with E-state index in [1.807, 2.05) is 4.90 Å². The lowest BCUT2D eigenvalue weighted by molar-refractivity contribution is -0.147. The molecule has 0 spiro atoms. The molecular formula is C14H24N2O5S. The number of methoxy groups -OCH3 is 1. The van der Waals surface area contributed by atoms with Gasteiger partial charge in [-0.05, 0) is 39.3 Å². The molecule has 1 atom stereocenters. The fourth-order valence-corrected chi connectivity index (χ4v) is 5.27. The molecule has 0 aromatic heterocycles. The molecule has 7 nitrogen and oxygen atoms in total. The number of hydrogen-bond acceptors (Lipinski definition) is 6. The number of carbonyl (C=O) groups is 2. The van der Waals surface area contributed by atoms with Crippen molar-refractivity contribution in [3.8, 4) is 0 Å². The minimum absolute atomic E-state index is 0.0101. The molecule has 8 heteroatoms. The van der Waals surface area contributed by atoms with E-state index in [2.05, 4.69) is 5.32 Å². The van der Waals surface area contributed by atoms with Gasteiger partial charge in [-0.3, -0.25) is 14.5 Å². The summed E-state index contributed by atoms with van der Waals surface area (Å²) < 4.78 is 27.8. The Morgan fingerprint density at radius 3 is 2.45 bits per heavy atom. The molecule has 126 valence electrons. The van der Waals surface area contributed by atoms with Crippen molar-refractivity contribution in [1.29, 1.82) is 0 Å². The van der Waals surface area contributed by atoms with Crippen LogP contribution in [0.25, 0.3) is 0 Å². The molecule has 0 saturated carbocycles. The fourth-order valence-electron chi connectivity index (χ4n) is 3.18. The van der Waals surface area contributed by atoms with Gasteiger partial charge >= 0.3 is 5.97 Å². The first-order chi connectivity index (χ1) is 10.2. The highest BCUT2D eigenvalue weighted by Crippen LogP contribution is 2.23. The van der Waals surface area contributed by atoms with E-state index in [1.54, 1.807) is 6.92 Å². The van der Waals surface area contributed by atoms with E-state index in [4.69, 9.17) is 4.74 Å². The Bertz CT molecular complexity index is 539. The largest absolute Gasteiger partial charge is 0.469 e. The summed E-state index contributed by atoms with van der Waals surface area (Å²) in [6.45, 7) is 3.35. The van der Waals surface area contributed by atoms with Crippen LogP contribution in [0.2, 0.25) is 0 Å². The SMILES string of the molecule is COC(=O)C1CCN(CC(=O)N[C@@]2(C)CCS(=O)(=O)C2)CC1. The van der Waals surface area contributed by atoms with Crippen molar-refractivity contribution in [2.75, 3.05) is 38.2 Å². The number of hydrogen-bond donors (Lipinski definition) is 1. The summed E-state index contributed by atoms with van der Waals surface area (Å²) in [5.74, 6) is -0.282. The van der Waals surface area contributed by atoms with Crippen molar-refractivity contribution in [2.45, 2.75) is 31.7 Å². The Labute approximate surface area is 131 Å². The molecule has 1 amide bonds. The van der Waals surface area contributed by atoms with Gasteiger partial charge in [0.25, 0.3) is 0 Å². The standard InChI is InChI=1S/C14H24N2O5S/c1-14(5-8-22(19,20)10-14)15-12(17)9-16-6-3-11(4-7-16)13(18)21-2/h11H,3-10H2,1-2H3,(H,15,17)/t14-/m0/s1. The molecule has 0 bridgehead atoms. The van der Waals surface area contributed by atoms with Crippen LogP contribution in [0.4, 0.5) is 0 Å². The smallest absolute Gasteiger partial charge is 0.308 e. The number of esters is 1. The predicted octanol–water partition coefficient (Wildman–Crippen LogP) is -0.435. The summed E-state index contributed by atoms with van der Waals surface area (Å²) in [5, 5.41) is 2.85. The molecule has 2 heterocycles. The third kappa shape index (κ3) is 4.42. The van der Waals surface area contributed by atoms with Crippen LogP contribution in [0.15, 0.2) is 0 Å². The van der Waals surface area contributed by atoms with Gasteiger partial charge in [-0.1, -0.05) is 0 Å². The molecule has 2 aliphatic rings. The summed E-state index contributed by atoms with van der Waals surface area (Å²) in [6.07, 6.45) is 1.84. The van der Waals surface area contributed by atoms with Crippen molar-refractivity contribution in [2.24, 2.45) is 5.92 Å². The zero-order chi connectivity index (χ0) is 16.4. The second-order valence-electron chi connectivity index (χ2n) is 6.52. The summed E-state index contributed by atoms with van der Waals surface area (Å²) in [6, 6.07) is 0. The molecule has 2 fully saturated rings. The first-order valence-corrected chi connectivity index (χ1v) is 9.37. The normalized spacial score (nSPS) is 29.2. The number of likely N-dealkylation sites (tertiary alicyclic amines) is 1. The van der Waals surface area contributed by atoms with Crippen molar-refractivity contribution >= 4 is 21.7 Å². The molecule has 2 saturated heterocycles. The molecule has 0 aliphatic carbocycles. The van der Waals surface area contributed by atoms with Crippen LogP contribution in [-0.2, 0) is 24.2 Å². The van der Waals surface area contributed by atoms with E-state index in [9.17, 15) is 18.0 Å². The summed E-state index contributed by atoms with van der Waals surface area (Å²) in [7, 11) is -1.64. The Morgan fingerprint density at radius 2 is 1.95 bits per heavy atom. The van der Waals surface area contributed by atoms with Crippen LogP contribution >= 0.6 is 0 Å². The monoisotopic (exact) mass is 332 g/mol. The summed E-state index contributed by atoms with van der Waals surface area (Å²) in [4.78, 5) is 25.6. The number of nitrogens with zero attached hydrogens (tertiary/aromatic N) is 1. The third-order valence-electron chi connectivity index (χ3n) is 4.43. The maximum Gasteiger partial charge on any atom is 0.308 e. The number of rotatable bonds is 4. The number of sulfone groups is 1. The van der Waals surface area contributed by atoms with E-state index >= 15 is 0 Å². The number of carbonyl (C=O) groups excluding carboxylic acids is 2. The second kappa shape index (κ2) is 6.54. The van der Waals surface area contributed by atoms with E-state index in [0.29, 0.717) is 32.4 Å². The van der Waals surface area contributed by atoms with Gasteiger partial charge in [-0.2, -0.15) is 0 Å². The van der Waals surface area contributed by atoms with Crippen LogP contribution in [0.1, 0.15) is 26.2 Å². The first-order valence-electron chi connectivity index (χ1n) is 7.55. The lowest BCUT2D eigenvalue weighted by atomic mass is 9.97. The quantitative estimate of drug-likeness (QED) is 0.702. The van der Waals surface area contributed by atoms with Crippen LogP contribution in [0.3, 0.4) is 0 Å². The molecule has 0 radical (unpaired) electrons. The van der Waals surface area contributed by atoms with Gasteiger partial charge in [0.2, 0.25) is 5.91 Å². The average molecular weight is 332 g/mol. The van der Waals surface area contributed by atoms with Crippen LogP contribution in [-0.4, -0.2) is 69.0 Å². The minimum atomic E-state index is -3.03. The summed E-state index contributed by atoms with van der Waals surface area (Å²) >= 11 is 0. The lowest BCUT2D eigenvalue weighted by Gasteiger charge is -2.31. The van der Waals surface area contributed by atoms with Crippen molar-refractivity contribution < 1.29 is 22.7 Å². The fraction of sp³-hybridized carbons (Fsp3) is 0.857. The Kier molecular flexibility index (Phi) is 5.11. The van der Waals surface area contributed by atoms with Gasteiger partial charge in [0.05, 0.1) is 36.6 Å². The topological polar surface area (TPSA) is 92.8 Å². The number of amides is 1. The van der Waals surface area contributed by atoms with Crippen molar-refractivity contribution in [1.82, 2.24) is 10.2 Å². The van der Waals surface area contributed by atoms with Crippen molar-refractivity contribution in [3.05, 3.63) is 0 Å². The van der Waals surface area contributed by atoms with Gasteiger partial charge in [0.15, 0.2) is 9.84 Å². The molecule has 0 aromatic rings. The zero-order valence-electron chi connectivity index (χ0n) is 13.1. The Morgan fingerprint density at radius 1 is 1.32 bits per heavy atom. The van der Waals surface area contributed by atoms with Gasteiger partial charge < -0.3 is 10.1 Å². The number of piperidine rings is 1. The molecule has 0 unspecified atom stereocenters. The molecule has 1 N–H and O–H groups in total. The average Bonchev–Trinajstić information content (AvgIpc) is 2.72. The van der Waals surface area contributed by atoms with Crippen LogP contribution in [0.5, 0.6) is 0 Å². The van der Waals surface area contributed by atoms with Crippen LogP contribution in [0, 0.1) is 5.92 Å². The third-order valence-corrected chi connectivity index (χ3v) is 6.34. The van der Waals surface area contributed by atoms with Gasteiger partial charge in [0, 0.05) is 0 Å². The van der Waals surface area contributed by atoms with Gasteiger partial charge in [-0.15, -0.1) is 0 Å². The Balaban J connectivity index is 1.78. The highest BCUT2D eigenvalue weighted by atomic mass is 32.2.